The van der Waals surface area contributed by atoms with E-state index in [4.69, 9.17) is 0 Å². The highest BCUT2D eigenvalue weighted by Gasteiger charge is 2.33. The van der Waals surface area contributed by atoms with Crippen molar-refractivity contribution in [3.05, 3.63) is 26.9 Å². The number of thiophene rings is 1. The van der Waals surface area contributed by atoms with Crippen LogP contribution in [0.1, 0.15) is 47.0 Å². The molecule has 2 aliphatic heterocycles. The van der Waals surface area contributed by atoms with Gasteiger partial charge in [0.1, 0.15) is 5.01 Å². The molecule has 1 aliphatic carbocycles. The molecule has 5 rings (SSSR count). The maximum absolute atomic E-state index is 13.1. The Balaban J connectivity index is 1.26. The number of rotatable bonds is 3. The van der Waals surface area contributed by atoms with Gasteiger partial charge in [-0.2, -0.15) is 0 Å². The van der Waals surface area contributed by atoms with E-state index in [1.165, 1.54) is 28.3 Å². The first-order valence-corrected chi connectivity index (χ1v) is 10.9. The summed E-state index contributed by atoms with van der Waals surface area (Å²) in [6, 6.07) is 2.17. The molecule has 0 aromatic carbocycles. The van der Waals surface area contributed by atoms with Crippen LogP contribution in [0.4, 0.5) is 5.13 Å². The molecule has 1 atom stereocenters. The SMILES string of the molecule is O=C(C1CCCN(c2nnc(C3CC3)s2)C1)N1CCc2sccc2C1. The van der Waals surface area contributed by atoms with E-state index in [9.17, 15) is 4.79 Å². The van der Waals surface area contributed by atoms with Crippen LogP contribution in [-0.4, -0.2) is 40.6 Å². The summed E-state index contributed by atoms with van der Waals surface area (Å²) >= 11 is 3.55. The molecule has 1 unspecified atom stereocenters. The summed E-state index contributed by atoms with van der Waals surface area (Å²) in [5.74, 6) is 1.08. The fourth-order valence-electron chi connectivity index (χ4n) is 3.90. The molecule has 0 radical (unpaired) electrons. The molecular formula is C18H22N4OS2. The van der Waals surface area contributed by atoms with E-state index in [0.29, 0.717) is 11.8 Å². The van der Waals surface area contributed by atoms with Gasteiger partial charge in [0.05, 0.1) is 5.92 Å². The van der Waals surface area contributed by atoms with Crippen LogP contribution in [0.3, 0.4) is 0 Å². The van der Waals surface area contributed by atoms with Gasteiger partial charge >= 0.3 is 0 Å². The molecule has 4 heterocycles. The lowest BCUT2D eigenvalue weighted by molar-refractivity contribution is -0.136. The lowest BCUT2D eigenvalue weighted by Crippen LogP contribution is -2.46. The summed E-state index contributed by atoms with van der Waals surface area (Å²) in [5.41, 5.74) is 1.34. The van der Waals surface area contributed by atoms with E-state index >= 15 is 0 Å². The van der Waals surface area contributed by atoms with Crippen molar-refractivity contribution in [2.75, 3.05) is 24.5 Å². The van der Waals surface area contributed by atoms with E-state index in [1.54, 1.807) is 11.3 Å². The monoisotopic (exact) mass is 374 g/mol. The van der Waals surface area contributed by atoms with Crippen LogP contribution in [-0.2, 0) is 17.8 Å². The first-order valence-electron chi connectivity index (χ1n) is 9.20. The van der Waals surface area contributed by atoms with Gasteiger partial charge in [-0.3, -0.25) is 4.79 Å². The van der Waals surface area contributed by atoms with E-state index in [-0.39, 0.29) is 5.92 Å². The highest BCUT2D eigenvalue weighted by molar-refractivity contribution is 7.15. The largest absolute Gasteiger partial charge is 0.346 e. The summed E-state index contributed by atoms with van der Waals surface area (Å²) in [5, 5.41) is 13.1. The van der Waals surface area contributed by atoms with Crippen LogP contribution in [0.25, 0.3) is 0 Å². The Hall–Kier alpha value is -1.47. The zero-order valence-corrected chi connectivity index (χ0v) is 15.8. The van der Waals surface area contributed by atoms with Crippen molar-refractivity contribution in [3.63, 3.8) is 0 Å². The summed E-state index contributed by atoms with van der Waals surface area (Å²) in [6.45, 7) is 3.45. The maximum Gasteiger partial charge on any atom is 0.227 e. The number of piperidine rings is 1. The van der Waals surface area contributed by atoms with Crippen LogP contribution >= 0.6 is 22.7 Å². The number of nitrogens with zero attached hydrogens (tertiary/aromatic N) is 4. The third-order valence-electron chi connectivity index (χ3n) is 5.52. The van der Waals surface area contributed by atoms with Crippen molar-refractivity contribution in [3.8, 4) is 0 Å². The molecule has 0 spiro atoms. The number of carbonyl (C=O) groups is 1. The van der Waals surface area contributed by atoms with E-state index in [1.807, 2.05) is 11.3 Å². The van der Waals surface area contributed by atoms with Crippen molar-refractivity contribution < 1.29 is 4.79 Å². The maximum atomic E-state index is 13.1. The molecule has 3 aliphatic rings. The average molecular weight is 375 g/mol. The van der Waals surface area contributed by atoms with Crippen LogP contribution in [0, 0.1) is 5.92 Å². The average Bonchev–Trinajstić information content (AvgIpc) is 3.20. The Labute approximate surface area is 155 Å². The predicted octanol–water partition coefficient (Wildman–Crippen LogP) is 3.28. The van der Waals surface area contributed by atoms with Crippen molar-refractivity contribution in [1.82, 2.24) is 15.1 Å². The summed E-state index contributed by atoms with van der Waals surface area (Å²) < 4.78 is 0. The van der Waals surface area contributed by atoms with Crippen molar-refractivity contribution >= 4 is 33.7 Å². The normalized spacial score (nSPS) is 23.6. The van der Waals surface area contributed by atoms with Crippen molar-refractivity contribution in [1.29, 1.82) is 0 Å². The summed E-state index contributed by atoms with van der Waals surface area (Å²) in [4.78, 5) is 18.9. The second kappa shape index (κ2) is 6.36. The molecule has 0 bridgehead atoms. The summed E-state index contributed by atoms with van der Waals surface area (Å²) in [7, 11) is 0. The van der Waals surface area contributed by atoms with Crippen LogP contribution in [0.5, 0.6) is 0 Å². The molecule has 2 aromatic rings. The van der Waals surface area contributed by atoms with Crippen LogP contribution in [0.2, 0.25) is 0 Å². The Kier molecular flexibility index (Phi) is 4.01. The Morgan fingerprint density at radius 1 is 1.20 bits per heavy atom. The number of fused-ring (bicyclic) bond motifs is 1. The van der Waals surface area contributed by atoms with Gasteiger partial charge in [0.25, 0.3) is 0 Å². The number of aromatic nitrogens is 2. The van der Waals surface area contributed by atoms with Gasteiger partial charge in [0.15, 0.2) is 0 Å². The number of anilines is 1. The molecule has 0 N–H and O–H groups in total. The van der Waals surface area contributed by atoms with Crippen molar-refractivity contribution in [2.24, 2.45) is 5.92 Å². The van der Waals surface area contributed by atoms with Crippen molar-refractivity contribution in [2.45, 2.75) is 44.6 Å². The topological polar surface area (TPSA) is 49.3 Å². The molecular weight excluding hydrogens is 352 g/mol. The van der Waals surface area contributed by atoms with Gasteiger partial charge < -0.3 is 9.80 Å². The van der Waals surface area contributed by atoms with Crippen LogP contribution in [0.15, 0.2) is 11.4 Å². The predicted molar refractivity (Wildman–Crippen MR) is 100 cm³/mol. The Morgan fingerprint density at radius 3 is 3.00 bits per heavy atom. The first kappa shape index (κ1) is 15.8. The lowest BCUT2D eigenvalue weighted by Gasteiger charge is -2.36. The minimum atomic E-state index is 0.0993. The van der Waals surface area contributed by atoms with Gasteiger partial charge in [0, 0.05) is 37.0 Å². The molecule has 2 aromatic heterocycles. The van der Waals surface area contributed by atoms with E-state index in [2.05, 4.69) is 31.4 Å². The van der Waals surface area contributed by atoms with E-state index in [0.717, 1.165) is 50.6 Å². The molecule has 25 heavy (non-hydrogen) atoms. The molecule has 1 amide bonds. The van der Waals surface area contributed by atoms with Gasteiger partial charge in [0.2, 0.25) is 11.0 Å². The molecule has 5 nitrogen and oxygen atoms in total. The third kappa shape index (κ3) is 3.08. The van der Waals surface area contributed by atoms with E-state index < -0.39 is 0 Å². The highest BCUT2D eigenvalue weighted by Crippen LogP contribution is 2.43. The standard InChI is InChI=1S/C18H22N4OS2/c23-17(21-8-5-15-13(10-21)6-9-24-15)14-2-1-7-22(11-14)18-20-19-16(25-18)12-3-4-12/h6,9,12,14H,1-5,7-8,10-11H2. The Morgan fingerprint density at radius 2 is 2.12 bits per heavy atom. The second-order valence-electron chi connectivity index (χ2n) is 7.36. The molecule has 132 valence electrons. The molecule has 1 saturated heterocycles. The third-order valence-corrected chi connectivity index (χ3v) is 7.69. The number of hydrogen-bond donors (Lipinski definition) is 0. The quantitative estimate of drug-likeness (QED) is 0.827. The summed E-state index contributed by atoms with van der Waals surface area (Å²) in [6.07, 6.45) is 5.59. The number of carbonyl (C=O) groups excluding carboxylic acids is 1. The van der Waals surface area contributed by atoms with Gasteiger partial charge in [-0.15, -0.1) is 21.5 Å². The fraction of sp³-hybridized carbons (Fsp3) is 0.611. The Bertz CT molecular complexity index is 782. The second-order valence-corrected chi connectivity index (χ2v) is 9.35. The number of amides is 1. The minimum absolute atomic E-state index is 0.0993. The molecule has 2 fully saturated rings. The van der Waals surface area contributed by atoms with Gasteiger partial charge in [-0.1, -0.05) is 11.3 Å². The zero-order chi connectivity index (χ0) is 16.8. The minimum Gasteiger partial charge on any atom is -0.346 e. The van der Waals surface area contributed by atoms with Crippen LogP contribution < -0.4 is 4.90 Å². The first-order chi connectivity index (χ1) is 12.3. The molecule has 1 saturated carbocycles. The lowest BCUT2D eigenvalue weighted by atomic mass is 9.95. The van der Waals surface area contributed by atoms with Gasteiger partial charge in [-0.05, 0) is 49.1 Å². The van der Waals surface area contributed by atoms with Gasteiger partial charge in [-0.25, -0.2) is 0 Å². The zero-order valence-electron chi connectivity index (χ0n) is 14.2. The number of hydrogen-bond acceptors (Lipinski definition) is 6. The smallest absolute Gasteiger partial charge is 0.227 e. The fourth-order valence-corrected chi connectivity index (χ4v) is 5.83. The molecule has 7 heteroatoms. The highest BCUT2D eigenvalue weighted by atomic mass is 32.1.